The second-order valence-electron chi connectivity index (χ2n) is 12.3. The zero-order valence-electron chi connectivity index (χ0n) is 26.7. The lowest BCUT2D eigenvalue weighted by atomic mass is 9.93. The van der Waals surface area contributed by atoms with Crippen molar-refractivity contribution < 1.29 is 4.42 Å². The van der Waals surface area contributed by atoms with E-state index in [1.54, 1.807) is 0 Å². The van der Waals surface area contributed by atoms with Crippen LogP contribution >= 0.6 is 11.3 Å². The Balaban J connectivity index is 1.26. The Morgan fingerprint density at radius 1 is 0.440 bits per heavy atom. The molecule has 0 amide bonds. The summed E-state index contributed by atoms with van der Waals surface area (Å²) < 4.78 is 9.33. The second kappa shape index (κ2) is 11.6. The third-order valence-corrected chi connectivity index (χ3v) is 10.5. The summed E-state index contributed by atoms with van der Waals surface area (Å²) in [7, 11) is 0. The van der Waals surface area contributed by atoms with E-state index in [1.165, 1.54) is 20.2 Å². The van der Waals surface area contributed by atoms with Crippen molar-refractivity contribution in [1.82, 2.24) is 15.0 Å². The van der Waals surface area contributed by atoms with Crippen LogP contribution in [0, 0.1) is 0 Å². The second-order valence-corrected chi connectivity index (χ2v) is 13.4. The average Bonchev–Trinajstić information content (AvgIpc) is 3.77. The van der Waals surface area contributed by atoms with Crippen molar-refractivity contribution in [2.45, 2.75) is 0 Å². The quantitative estimate of drug-likeness (QED) is 0.185. The highest BCUT2D eigenvalue weighted by molar-refractivity contribution is 7.25. The molecule has 10 aromatic rings. The van der Waals surface area contributed by atoms with Crippen LogP contribution in [-0.2, 0) is 0 Å². The van der Waals surface area contributed by atoms with Gasteiger partial charge in [-0.15, -0.1) is 11.3 Å². The first-order valence-corrected chi connectivity index (χ1v) is 17.4. The van der Waals surface area contributed by atoms with Crippen molar-refractivity contribution in [3.63, 3.8) is 0 Å². The van der Waals surface area contributed by atoms with Gasteiger partial charge in [0.1, 0.15) is 11.2 Å². The van der Waals surface area contributed by atoms with Gasteiger partial charge in [0.25, 0.3) is 0 Å². The standard InChI is InChI=1S/C45H27N3OS/c1-2-13-28(14-3-1)45-47-37(30-16-5-4-15-29(30)36-20-10-11-26-46-36)27-38(48-45)33-25-24-32(44-43(33)34-17-6-8-21-39(34)49-44)31-19-12-23-41-42(31)35-18-7-9-22-40(35)50-41/h1-27H. The van der Waals surface area contributed by atoms with Gasteiger partial charge < -0.3 is 4.42 Å². The van der Waals surface area contributed by atoms with Crippen LogP contribution in [0.25, 0.3) is 98.4 Å². The number of furan rings is 1. The molecule has 0 spiro atoms. The van der Waals surface area contributed by atoms with Gasteiger partial charge in [-0.05, 0) is 48.0 Å². The van der Waals surface area contributed by atoms with E-state index in [0.717, 1.165) is 72.4 Å². The number of rotatable bonds is 5. The molecule has 10 rings (SSSR count). The summed E-state index contributed by atoms with van der Waals surface area (Å²) in [6.07, 6.45) is 1.83. The summed E-state index contributed by atoms with van der Waals surface area (Å²) in [5.74, 6) is 0.661. The summed E-state index contributed by atoms with van der Waals surface area (Å²) in [6, 6.07) is 54.5. The van der Waals surface area contributed by atoms with Crippen molar-refractivity contribution in [1.29, 1.82) is 0 Å². The lowest BCUT2D eigenvalue weighted by molar-refractivity contribution is 0.670. The largest absolute Gasteiger partial charge is 0.455 e. The monoisotopic (exact) mass is 657 g/mol. The third-order valence-electron chi connectivity index (χ3n) is 9.40. The van der Waals surface area contributed by atoms with E-state index in [2.05, 4.69) is 108 Å². The van der Waals surface area contributed by atoms with Crippen LogP contribution in [-0.4, -0.2) is 15.0 Å². The number of pyridine rings is 1. The number of para-hydroxylation sites is 1. The normalized spacial score (nSPS) is 11.6. The van der Waals surface area contributed by atoms with Crippen molar-refractivity contribution >= 4 is 53.4 Å². The predicted octanol–water partition coefficient (Wildman–Crippen LogP) is 12.5. The van der Waals surface area contributed by atoms with Crippen LogP contribution in [0.3, 0.4) is 0 Å². The molecule has 5 heteroatoms. The van der Waals surface area contributed by atoms with Crippen molar-refractivity contribution in [2.24, 2.45) is 0 Å². The number of nitrogens with zero attached hydrogens (tertiary/aromatic N) is 3. The molecule has 234 valence electrons. The van der Waals surface area contributed by atoms with E-state index in [-0.39, 0.29) is 0 Å². The summed E-state index contributed by atoms with van der Waals surface area (Å²) in [5.41, 5.74) is 10.4. The number of benzene rings is 6. The number of hydrogen-bond acceptors (Lipinski definition) is 5. The maximum Gasteiger partial charge on any atom is 0.160 e. The Kier molecular flexibility index (Phi) is 6.64. The van der Waals surface area contributed by atoms with Gasteiger partial charge in [-0.25, -0.2) is 9.97 Å². The third kappa shape index (κ3) is 4.63. The molecule has 4 aromatic heterocycles. The molecule has 0 aliphatic heterocycles. The zero-order chi connectivity index (χ0) is 33.0. The Labute approximate surface area is 292 Å². The molecule has 0 saturated carbocycles. The first-order valence-electron chi connectivity index (χ1n) is 16.6. The molecule has 4 heterocycles. The Bertz CT molecular complexity index is 2870. The predicted molar refractivity (Wildman–Crippen MR) is 207 cm³/mol. The fourth-order valence-electron chi connectivity index (χ4n) is 7.14. The minimum absolute atomic E-state index is 0.661. The maximum atomic E-state index is 6.80. The average molecular weight is 658 g/mol. The topological polar surface area (TPSA) is 51.8 Å². The molecule has 4 nitrogen and oxygen atoms in total. The lowest BCUT2D eigenvalue weighted by Gasteiger charge is -2.14. The molecule has 0 N–H and O–H groups in total. The van der Waals surface area contributed by atoms with Gasteiger partial charge >= 0.3 is 0 Å². The van der Waals surface area contributed by atoms with Gasteiger partial charge in [0.2, 0.25) is 0 Å². The van der Waals surface area contributed by atoms with Gasteiger partial charge in [0, 0.05) is 65.0 Å². The molecule has 0 bridgehead atoms. The van der Waals surface area contributed by atoms with E-state index >= 15 is 0 Å². The Morgan fingerprint density at radius 2 is 1.10 bits per heavy atom. The zero-order valence-corrected chi connectivity index (χ0v) is 27.6. The summed E-state index contributed by atoms with van der Waals surface area (Å²) in [5, 5.41) is 4.61. The highest BCUT2D eigenvalue weighted by Gasteiger charge is 2.22. The molecule has 0 radical (unpaired) electrons. The SMILES string of the molecule is c1ccc(-c2nc(-c3ccccc3-c3ccccn3)cc(-c3ccc(-c4cccc5sc6ccccc6c45)c4oc5ccccc5c34)n2)cc1. The molecule has 0 fully saturated rings. The molecule has 0 saturated heterocycles. The molecule has 0 atom stereocenters. The molecule has 0 unspecified atom stereocenters. The summed E-state index contributed by atoms with van der Waals surface area (Å²) >= 11 is 1.83. The van der Waals surface area contributed by atoms with Gasteiger partial charge in [0.05, 0.1) is 17.1 Å². The highest BCUT2D eigenvalue weighted by Crippen LogP contribution is 2.46. The first-order chi connectivity index (χ1) is 24.8. The Hall–Kier alpha value is -6.43. The fraction of sp³-hybridized carbons (Fsp3) is 0. The molecular formula is C45H27N3OS. The number of fused-ring (bicyclic) bond motifs is 6. The van der Waals surface area contributed by atoms with Gasteiger partial charge in [-0.1, -0.05) is 115 Å². The van der Waals surface area contributed by atoms with Crippen molar-refractivity contribution in [2.75, 3.05) is 0 Å². The van der Waals surface area contributed by atoms with E-state index in [9.17, 15) is 0 Å². The summed E-state index contributed by atoms with van der Waals surface area (Å²) in [4.78, 5) is 15.1. The lowest BCUT2D eigenvalue weighted by Crippen LogP contribution is -1.98. The molecule has 0 aliphatic rings. The first kappa shape index (κ1) is 28.6. The Morgan fingerprint density at radius 3 is 1.94 bits per heavy atom. The number of hydrogen-bond donors (Lipinski definition) is 0. The van der Waals surface area contributed by atoms with Gasteiger partial charge in [-0.3, -0.25) is 4.98 Å². The van der Waals surface area contributed by atoms with Crippen molar-refractivity contribution in [3.05, 3.63) is 164 Å². The number of aromatic nitrogens is 3. The van der Waals surface area contributed by atoms with Crippen molar-refractivity contribution in [3.8, 4) is 56.3 Å². The minimum Gasteiger partial charge on any atom is -0.455 e. The minimum atomic E-state index is 0.661. The van der Waals surface area contributed by atoms with Crippen LogP contribution in [0.5, 0.6) is 0 Å². The van der Waals surface area contributed by atoms with Gasteiger partial charge in [-0.2, -0.15) is 0 Å². The van der Waals surface area contributed by atoms with E-state index in [1.807, 2.05) is 72.1 Å². The molecule has 0 aliphatic carbocycles. The van der Waals surface area contributed by atoms with E-state index in [4.69, 9.17) is 14.4 Å². The molecule has 6 aromatic carbocycles. The number of thiophene rings is 1. The van der Waals surface area contributed by atoms with E-state index in [0.29, 0.717) is 5.82 Å². The molecule has 50 heavy (non-hydrogen) atoms. The maximum absolute atomic E-state index is 6.80. The highest BCUT2D eigenvalue weighted by atomic mass is 32.1. The van der Waals surface area contributed by atoms with Crippen LogP contribution in [0.2, 0.25) is 0 Å². The van der Waals surface area contributed by atoms with Crippen LogP contribution in [0.15, 0.2) is 168 Å². The van der Waals surface area contributed by atoms with Crippen LogP contribution in [0.1, 0.15) is 0 Å². The van der Waals surface area contributed by atoms with Crippen LogP contribution < -0.4 is 0 Å². The fourth-order valence-corrected chi connectivity index (χ4v) is 8.28. The van der Waals surface area contributed by atoms with Crippen LogP contribution in [0.4, 0.5) is 0 Å². The van der Waals surface area contributed by atoms with Gasteiger partial charge in [0.15, 0.2) is 5.82 Å². The summed E-state index contributed by atoms with van der Waals surface area (Å²) in [6.45, 7) is 0. The van der Waals surface area contributed by atoms with E-state index < -0.39 is 0 Å². The smallest absolute Gasteiger partial charge is 0.160 e. The molecular weight excluding hydrogens is 631 g/mol.